The van der Waals surface area contributed by atoms with Gasteiger partial charge in [0.05, 0.1) is 6.42 Å². The van der Waals surface area contributed by atoms with Crippen LogP contribution in [0.3, 0.4) is 0 Å². The predicted molar refractivity (Wildman–Crippen MR) is 74.3 cm³/mol. The lowest BCUT2D eigenvalue weighted by atomic mass is 9.87. The maximum atomic E-state index is 11.3. The predicted octanol–water partition coefficient (Wildman–Crippen LogP) is 1.27. The zero-order valence-corrected chi connectivity index (χ0v) is 11.9. The van der Waals surface area contributed by atoms with Crippen molar-refractivity contribution in [1.29, 1.82) is 0 Å². The second-order valence-electron chi connectivity index (χ2n) is 5.82. The minimum absolute atomic E-state index is 0.0109. The third kappa shape index (κ3) is 5.21. The summed E-state index contributed by atoms with van der Waals surface area (Å²) in [6, 6.07) is -0.359. The van der Waals surface area contributed by atoms with E-state index in [1.165, 1.54) is 12.4 Å². The average molecular weight is 280 g/mol. The molecule has 20 heavy (non-hydrogen) atoms. The molecule has 0 bridgehead atoms. The topological polar surface area (TPSA) is 118 Å². The molecule has 0 aliphatic rings. The first kappa shape index (κ1) is 15.9. The third-order valence-electron chi connectivity index (χ3n) is 2.55. The summed E-state index contributed by atoms with van der Waals surface area (Å²) in [5, 5.41) is 11.9. The third-order valence-corrected chi connectivity index (χ3v) is 2.55. The molecule has 1 atom stereocenters. The molecule has 0 aliphatic heterocycles. The Labute approximate surface area is 117 Å². The van der Waals surface area contributed by atoms with E-state index in [2.05, 4.69) is 15.3 Å². The number of carboxylic acid groups (broad SMARTS) is 1. The smallest absolute Gasteiger partial charge is 0.305 e. The van der Waals surface area contributed by atoms with Gasteiger partial charge in [0.25, 0.3) is 5.91 Å². The number of anilines is 1. The van der Waals surface area contributed by atoms with E-state index < -0.39 is 11.9 Å². The molecule has 1 aromatic rings. The van der Waals surface area contributed by atoms with Crippen LogP contribution < -0.4 is 11.1 Å². The average Bonchev–Trinajstić information content (AvgIpc) is 2.25. The molecule has 1 amide bonds. The molecular weight excluding hydrogens is 260 g/mol. The number of rotatable bonds is 6. The number of carbonyl (C=O) groups excluding carboxylic acids is 1. The van der Waals surface area contributed by atoms with Gasteiger partial charge in [-0.3, -0.25) is 9.59 Å². The number of nitrogens with zero attached hydrogens (tertiary/aromatic N) is 2. The van der Waals surface area contributed by atoms with E-state index in [0.29, 0.717) is 6.42 Å². The first-order chi connectivity index (χ1) is 9.19. The van der Waals surface area contributed by atoms with Crippen LogP contribution in [0.2, 0.25) is 0 Å². The van der Waals surface area contributed by atoms with Crippen LogP contribution in [0.25, 0.3) is 0 Å². The summed E-state index contributed by atoms with van der Waals surface area (Å²) in [4.78, 5) is 30.1. The van der Waals surface area contributed by atoms with Crippen LogP contribution in [0.5, 0.6) is 0 Å². The SMILES string of the molecule is CC(C)(C)CC(CC(=O)O)Nc1nccnc1C(N)=O. The molecule has 1 rings (SSSR count). The van der Waals surface area contributed by atoms with Crippen molar-refractivity contribution in [2.45, 2.75) is 39.7 Å². The van der Waals surface area contributed by atoms with Crippen LogP contribution in [-0.4, -0.2) is 33.0 Å². The van der Waals surface area contributed by atoms with Crippen LogP contribution in [0.15, 0.2) is 12.4 Å². The number of amides is 1. The number of hydrogen-bond acceptors (Lipinski definition) is 5. The maximum Gasteiger partial charge on any atom is 0.305 e. The number of hydrogen-bond donors (Lipinski definition) is 3. The van der Waals surface area contributed by atoms with Crippen LogP contribution in [0.4, 0.5) is 5.82 Å². The molecule has 1 aromatic heterocycles. The van der Waals surface area contributed by atoms with Gasteiger partial charge in [-0.25, -0.2) is 9.97 Å². The Morgan fingerprint density at radius 3 is 2.45 bits per heavy atom. The Bertz CT molecular complexity index is 497. The summed E-state index contributed by atoms with van der Waals surface area (Å²) in [5.74, 6) is -1.41. The Morgan fingerprint density at radius 2 is 1.95 bits per heavy atom. The first-order valence-electron chi connectivity index (χ1n) is 6.28. The van der Waals surface area contributed by atoms with Gasteiger partial charge in [-0.15, -0.1) is 0 Å². The molecule has 7 heteroatoms. The molecule has 0 radical (unpaired) electrons. The van der Waals surface area contributed by atoms with Gasteiger partial charge in [0.15, 0.2) is 11.5 Å². The van der Waals surface area contributed by atoms with Crippen molar-refractivity contribution < 1.29 is 14.7 Å². The van der Waals surface area contributed by atoms with Gasteiger partial charge >= 0.3 is 5.97 Å². The van der Waals surface area contributed by atoms with E-state index in [9.17, 15) is 9.59 Å². The molecule has 0 spiro atoms. The van der Waals surface area contributed by atoms with Gasteiger partial charge < -0.3 is 16.2 Å². The molecule has 0 aliphatic carbocycles. The highest BCUT2D eigenvalue weighted by atomic mass is 16.4. The number of primary amides is 1. The Balaban J connectivity index is 2.94. The lowest BCUT2D eigenvalue weighted by Gasteiger charge is -2.26. The molecular formula is C13H20N4O3. The standard InChI is InChI=1S/C13H20N4O3/c1-13(2,3)7-8(6-9(18)19)17-12-10(11(14)20)15-4-5-16-12/h4-5,8H,6-7H2,1-3H3,(H2,14,20)(H,16,17)(H,18,19). The van der Waals surface area contributed by atoms with E-state index >= 15 is 0 Å². The summed E-state index contributed by atoms with van der Waals surface area (Å²) in [5.41, 5.74) is 5.16. The second kappa shape index (κ2) is 6.31. The van der Waals surface area contributed by atoms with E-state index in [0.717, 1.165) is 0 Å². The van der Waals surface area contributed by atoms with Crippen LogP contribution in [0.1, 0.15) is 44.1 Å². The maximum absolute atomic E-state index is 11.3. The van der Waals surface area contributed by atoms with Gasteiger partial charge in [-0.05, 0) is 11.8 Å². The lowest BCUT2D eigenvalue weighted by Crippen LogP contribution is -2.30. The molecule has 7 nitrogen and oxygen atoms in total. The molecule has 0 aromatic carbocycles. The van der Waals surface area contributed by atoms with E-state index in [-0.39, 0.29) is 29.4 Å². The Hall–Kier alpha value is -2.18. The lowest BCUT2D eigenvalue weighted by molar-refractivity contribution is -0.137. The van der Waals surface area contributed by atoms with Crippen molar-refractivity contribution in [1.82, 2.24) is 9.97 Å². The van der Waals surface area contributed by atoms with Crippen molar-refractivity contribution in [3.8, 4) is 0 Å². The van der Waals surface area contributed by atoms with E-state index in [4.69, 9.17) is 10.8 Å². The summed E-state index contributed by atoms with van der Waals surface area (Å²) in [6.45, 7) is 6.03. The van der Waals surface area contributed by atoms with Gasteiger partial charge in [-0.1, -0.05) is 20.8 Å². The normalized spacial score (nSPS) is 12.8. The van der Waals surface area contributed by atoms with Crippen molar-refractivity contribution >= 4 is 17.7 Å². The van der Waals surface area contributed by atoms with E-state index in [1.807, 2.05) is 20.8 Å². The number of nitrogens with two attached hydrogens (primary N) is 1. The van der Waals surface area contributed by atoms with Gasteiger partial charge in [0.1, 0.15) is 0 Å². The van der Waals surface area contributed by atoms with Crippen LogP contribution in [0, 0.1) is 5.41 Å². The van der Waals surface area contributed by atoms with Crippen LogP contribution >= 0.6 is 0 Å². The summed E-state index contributed by atoms with van der Waals surface area (Å²) < 4.78 is 0. The monoisotopic (exact) mass is 280 g/mol. The number of nitrogens with one attached hydrogen (secondary N) is 1. The molecule has 1 unspecified atom stereocenters. The number of aliphatic carboxylic acids is 1. The number of aromatic nitrogens is 2. The Morgan fingerprint density at radius 1 is 1.35 bits per heavy atom. The number of carboxylic acids is 1. The summed E-state index contributed by atoms with van der Waals surface area (Å²) >= 11 is 0. The Kier molecular flexibility index (Phi) is 5.01. The zero-order chi connectivity index (χ0) is 15.3. The number of carbonyl (C=O) groups is 2. The quantitative estimate of drug-likeness (QED) is 0.722. The second-order valence-corrected chi connectivity index (χ2v) is 5.82. The fraction of sp³-hybridized carbons (Fsp3) is 0.538. The van der Waals surface area contributed by atoms with Crippen molar-refractivity contribution in [2.24, 2.45) is 11.1 Å². The minimum atomic E-state index is -0.920. The highest BCUT2D eigenvalue weighted by Gasteiger charge is 2.23. The largest absolute Gasteiger partial charge is 0.481 e. The molecule has 0 saturated heterocycles. The summed E-state index contributed by atoms with van der Waals surface area (Å²) in [6.07, 6.45) is 3.31. The molecule has 110 valence electrons. The van der Waals surface area contributed by atoms with Crippen molar-refractivity contribution in [3.05, 3.63) is 18.1 Å². The minimum Gasteiger partial charge on any atom is -0.481 e. The van der Waals surface area contributed by atoms with Gasteiger partial charge in [0.2, 0.25) is 0 Å². The molecule has 1 heterocycles. The summed E-state index contributed by atoms with van der Waals surface area (Å²) in [7, 11) is 0. The molecule has 0 saturated carbocycles. The van der Waals surface area contributed by atoms with E-state index in [1.54, 1.807) is 0 Å². The first-order valence-corrected chi connectivity index (χ1v) is 6.28. The fourth-order valence-corrected chi connectivity index (χ4v) is 1.94. The van der Waals surface area contributed by atoms with Crippen molar-refractivity contribution in [2.75, 3.05) is 5.32 Å². The van der Waals surface area contributed by atoms with Gasteiger partial charge in [-0.2, -0.15) is 0 Å². The highest BCUT2D eigenvalue weighted by molar-refractivity contribution is 5.95. The van der Waals surface area contributed by atoms with Gasteiger partial charge in [0, 0.05) is 18.4 Å². The van der Waals surface area contributed by atoms with Crippen molar-refractivity contribution in [3.63, 3.8) is 0 Å². The van der Waals surface area contributed by atoms with Crippen LogP contribution in [-0.2, 0) is 4.79 Å². The zero-order valence-electron chi connectivity index (χ0n) is 11.9. The highest BCUT2D eigenvalue weighted by Crippen LogP contribution is 2.24. The molecule has 0 fully saturated rings. The fourth-order valence-electron chi connectivity index (χ4n) is 1.94. The molecule has 4 N–H and O–H groups in total.